The fourth-order valence-electron chi connectivity index (χ4n) is 1.49. The van der Waals surface area contributed by atoms with E-state index in [2.05, 4.69) is 0 Å². The van der Waals surface area contributed by atoms with Gasteiger partial charge in [-0.25, -0.2) is 0 Å². The molecule has 1 fully saturated rings. The number of alkyl halides is 2. The third-order valence-electron chi connectivity index (χ3n) is 2.30. The molecule has 12 heavy (non-hydrogen) atoms. The van der Waals surface area contributed by atoms with Crippen molar-refractivity contribution in [1.82, 2.24) is 0 Å². The Labute approximate surface area is 71.1 Å². The molecule has 0 aromatic rings. The van der Waals surface area contributed by atoms with Crippen LogP contribution in [-0.2, 0) is 4.79 Å². The second-order valence-corrected chi connectivity index (χ2v) is 3.40. The highest BCUT2D eigenvalue weighted by Crippen LogP contribution is 2.27. The summed E-state index contributed by atoms with van der Waals surface area (Å²) in [5, 5.41) is 0. The van der Waals surface area contributed by atoms with E-state index in [-0.39, 0.29) is 12.8 Å². The summed E-state index contributed by atoms with van der Waals surface area (Å²) in [6, 6.07) is 0. The van der Waals surface area contributed by atoms with Crippen molar-refractivity contribution in [1.29, 1.82) is 0 Å². The smallest absolute Gasteiger partial charge is 0.293 e. The van der Waals surface area contributed by atoms with Gasteiger partial charge in [0.1, 0.15) is 0 Å². The van der Waals surface area contributed by atoms with E-state index >= 15 is 0 Å². The minimum atomic E-state index is -3.04. The van der Waals surface area contributed by atoms with Gasteiger partial charge in [0.15, 0.2) is 0 Å². The molecule has 1 saturated carbocycles. The summed E-state index contributed by atoms with van der Waals surface area (Å²) < 4.78 is 25.7. The van der Waals surface area contributed by atoms with E-state index in [0.717, 1.165) is 19.3 Å². The summed E-state index contributed by atoms with van der Waals surface area (Å²) in [7, 11) is 0. The first-order valence-corrected chi connectivity index (χ1v) is 4.54. The van der Waals surface area contributed by atoms with Crippen LogP contribution in [0.5, 0.6) is 0 Å². The zero-order valence-corrected chi connectivity index (χ0v) is 7.11. The highest BCUT2D eigenvalue weighted by molar-refractivity contribution is 5.85. The quantitative estimate of drug-likeness (QED) is 0.554. The molecule has 0 saturated heterocycles. The van der Waals surface area contributed by atoms with E-state index < -0.39 is 11.7 Å². The van der Waals surface area contributed by atoms with Crippen LogP contribution in [0, 0.1) is 0 Å². The van der Waals surface area contributed by atoms with Gasteiger partial charge in [-0.3, -0.25) is 4.79 Å². The molecule has 0 aromatic carbocycles. The number of carbonyl (C=O) groups is 1. The molecular formula is C9H14F2O. The monoisotopic (exact) mass is 176 g/mol. The molecule has 0 amide bonds. The molecule has 1 aliphatic rings. The number of hydrogen-bond donors (Lipinski definition) is 0. The van der Waals surface area contributed by atoms with Gasteiger partial charge in [-0.1, -0.05) is 19.3 Å². The van der Waals surface area contributed by atoms with Gasteiger partial charge in [-0.15, -0.1) is 0 Å². The lowest BCUT2D eigenvalue weighted by Gasteiger charge is -2.12. The van der Waals surface area contributed by atoms with Crippen molar-refractivity contribution in [2.45, 2.75) is 50.9 Å². The number of carbonyl (C=O) groups excluding carboxylic acids is 1. The summed E-state index contributed by atoms with van der Waals surface area (Å²) in [5.74, 6) is -3.89. The predicted octanol–water partition coefficient (Wildman–Crippen LogP) is 2.94. The number of hydrogen-bond acceptors (Lipinski definition) is 1. The van der Waals surface area contributed by atoms with Crippen LogP contribution >= 0.6 is 0 Å². The van der Waals surface area contributed by atoms with Crippen molar-refractivity contribution in [3.8, 4) is 0 Å². The zero-order chi connectivity index (χ0) is 9.03. The largest absolute Gasteiger partial charge is 0.305 e. The van der Waals surface area contributed by atoms with E-state index in [1.165, 1.54) is 0 Å². The van der Waals surface area contributed by atoms with Gasteiger partial charge in [0.05, 0.1) is 0 Å². The molecule has 0 heterocycles. The van der Waals surface area contributed by atoms with E-state index in [0.29, 0.717) is 12.8 Å². The Morgan fingerprint density at radius 2 is 1.58 bits per heavy atom. The fourth-order valence-corrected chi connectivity index (χ4v) is 1.49. The Hall–Kier alpha value is -0.470. The lowest BCUT2D eigenvalue weighted by molar-refractivity contribution is -0.144. The van der Waals surface area contributed by atoms with Crippen molar-refractivity contribution < 1.29 is 13.6 Å². The molecule has 0 aromatic heterocycles. The van der Waals surface area contributed by atoms with Crippen molar-refractivity contribution in [3.63, 3.8) is 0 Å². The molecule has 1 aliphatic carbocycles. The van der Waals surface area contributed by atoms with Crippen LogP contribution < -0.4 is 0 Å². The number of Topliss-reactive ketones (excluding diaryl/α,β-unsaturated/α-hetero) is 1. The van der Waals surface area contributed by atoms with Crippen LogP contribution in [0.25, 0.3) is 0 Å². The molecular weight excluding hydrogens is 162 g/mol. The van der Waals surface area contributed by atoms with Crippen LogP contribution in [0.1, 0.15) is 44.9 Å². The SMILES string of the molecule is O=C1CCCCCCCC1(F)F. The van der Waals surface area contributed by atoms with Gasteiger partial charge in [-0.2, -0.15) is 8.78 Å². The summed E-state index contributed by atoms with van der Waals surface area (Å²) >= 11 is 0. The van der Waals surface area contributed by atoms with Gasteiger partial charge in [0, 0.05) is 12.8 Å². The first-order chi connectivity index (χ1) is 5.63. The van der Waals surface area contributed by atoms with Crippen LogP contribution in [0.2, 0.25) is 0 Å². The summed E-state index contributed by atoms with van der Waals surface area (Å²) in [6.45, 7) is 0. The third-order valence-corrected chi connectivity index (χ3v) is 2.30. The van der Waals surface area contributed by atoms with Crippen LogP contribution in [0.15, 0.2) is 0 Å². The molecule has 0 spiro atoms. The average Bonchev–Trinajstić information content (AvgIpc) is 2.06. The molecule has 1 rings (SSSR count). The Morgan fingerprint density at radius 1 is 1.00 bits per heavy atom. The van der Waals surface area contributed by atoms with Crippen LogP contribution in [0.3, 0.4) is 0 Å². The number of halogens is 2. The summed E-state index contributed by atoms with van der Waals surface area (Å²) in [5.41, 5.74) is 0. The van der Waals surface area contributed by atoms with E-state index in [1.807, 2.05) is 0 Å². The van der Waals surface area contributed by atoms with Gasteiger partial charge in [0.25, 0.3) is 0 Å². The highest BCUT2D eigenvalue weighted by Gasteiger charge is 2.36. The molecule has 70 valence electrons. The Kier molecular flexibility index (Phi) is 3.18. The molecule has 0 atom stereocenters. The van der Waals surface area contributed by atoms with E-state index in [9.17, 15) is 13.6 Å². The maximum absolute atomic E-state index is 12.9. The van der Waals surface area contributed by atoms with Gasteiger partial charge < -0.3 is 0 Å². The van der Waals surface area contributed by atoms with E-state index in [4.69, 9.17) is 0 Å². The van der Waals surface area contributed by atoms with Gasteiger partial charge in [-0.05, 0) is 12.8 Å². The maximum atomic E-state index is 12.9. The van der Waals surface area contributed by atoms with Gasteiger partial charge in [0.2, 0.25) is 5.78 Å². The predicted molar refractivity (Wildman–Crippen MR) is 42.3 cm³/mol. The molecule has 0 bridgehead atoms. The van der Waals surface area contributed by atoms with Crippen molar-refractivity contribution in [3.05, 3.63) is 0 Å². The fraction of sp³-hybridized carbons (Fsp3) is 0.889. The summed E-state index contributed by atoms with van der Waals surface area (Å²) in [6.07, 6.45) is 3.68. The lowest BCUT2D eigenvalue weighted by Crippen LogP contribution is -2.27. The number of rotatable bonds is 0. The minimum absolute atomic E-state index is 0.0625. The van der Waals surface area contributed by atoms with Crippen molar-refractivity contribution in [2.24, 2.45) is 0 Å². The first-order valence-electron chi connectivity index (χ1n) is 4.54. The first kappa shape index (κ1) is 9.62. The molecule has 0 radical (unpaired) electrons. The van der Waals surface area contributed by atoms with Crippen molar-refractivity contribution >= 4 is 5.78 Å². The minimum Gasteiger partial charge on any atom is -0.293 e. The number of ketones is 1. The zero-order valence-electron chi connectivity index (χ0n) is 7.11. The second kappa shape index (κ2) is 3.97. The molecule has 0 unspecified atom stereocenters. The second-order valence-electron chi connectivity index (χ2n) is 3.40. The molecule has 1 nitrogen and oxygen atoms in total. The van der Waals surface area contributed by atoms with E-state index in [1.54, 1.807) is 0 Å². The molecule has 0 N–H and O–H groups in total. The highest BCUT2D eigenvalue weighted by atomic mass is 19.3. The normalized spacial score (nSPS) is 25.7. The van der Waals surface area contributed by atoms with Gasteiger partial charge >= 0.3 is 5.92 Å². The van der Waals surface area contributed by atoms with Crippen LogP contribution in [0.4, 0.5) is 8.78 Å². The Bertz CT molecular complexity index is 166. The lowest BCUT2D eigenvalue weighted by atomic mass is 10.1. The van der Waals surface area contributed by atoms with Crippen molar-refractivity contribution in [2.75, 3.05) is 0 Å². The Balaban J connectivity index is 2.53. The average molecular weight is 176 g/mol. The third kappa shape index (κ3) is 2.54. The molecule has 3 heteroatoms. The van der Waals surface area contributed by atoms with Crippen LogP contribution in [-0.4, -0.2) is 11.7 Å². The Morgan fingerprint density at radius 3 is 2.33 bits per heavy atom. The summed E-state index contributed by atoms with van der Waals surface area (Å²) in [4.78, 5) is 10.9. The molecule has 0 aliphatic heterocycles. The standard InChI is InChI=1S/C9H14F2O/c10-9(11)7-5-3-1-2-4-6-8(9)12/h1-7H2. The topological polar surface area (TPSA) is 17.1 Å². The maximum Gasteiger partial charge on any atom is 0.305 e.